The standard InChI is InChI=1S/C11H12N4O4S/c1-8(11(16)17)20(18,19)14-9-3-4-10(12-7-9)15-6-2-5-13-15/h2-8,14H,1H3,(H,16,17). The molecular formula is C11H12N4O4S. The van der Waals surface area contributed by atoms with Crippen molar-refractivity contribution in [1.29, 1.82) is 0 Å². The number of aliphatic carboxylic acids is 1. The molecule has 0 aromatic carbocycles. The summed E-state index contributed by atoms with van der Waals surface area (Å²) in [4.78, 5) is 14.7. The number of carbonyl (C=O) groups is 1. The summed E-state index contributed by atoms with van der Waals surface area (Å²) < 4.78 is 27.1. The predicted octanol–water partition coefficient (Wildman–Crippen LogP) is 0.482. The SMILES string of the molecule is CC(C(=O)O)S(=O)(=O)Nc1ccc(-n2cccn2)nc1. The zero-order valence-corrected chi connectivity index (χ0v) is 11.3. The topological polar surface area (TPSA) is 114 Å². The Morgan fingerprint density at radius 1 is 1.45 bits per heavy atom. The Bertz CT molecular complexity index is 695. The average molecular weight is 296 g/mol. The van der Waals surface area contributed by atoms with Gasteiger partial charge in [-0.05, 0) is 25.1 Å². The molecule has 0 saturated heterocycles. The molecule has 0 fully saturated rings. The van der Waals surface area contributed by atoms with Crippen LogP contribution >= 0.6 is 0 Å². The van der Waals surface area contributed by atoms with Gasteiger partial charge in [0.25, 0.3) is 0 Å². The molecule has 0 spiro atoms. The average Bonchev–Trinajstić information content (AvgIpc) is 2.92. The molecule has 2 rings (SSSR count). The van der Waals surface area contributed by atoms with Crippen LogP contribution in [0.3, 0.4) is 0 Å². The minimum atomic E-state index is -3.99. The molecule has 0 amide bonds. The van der Waals surface area contributed by atoms with Gasteiger partial charge in [-0.15, -0.1) is 0 Å². The van der Waals surface area contributed by atoms with Gasteiger partial charge in [-0.3, -0.25) is 9.52 Å². The monoisotopic (exact) mass is 296 g/mol. The molecular weight excluding hydrogens is 284 g/mol. The minimum absolute atomic E-state index is 0.189. The van der Waals surface area contributed by atoms with Gasteiger partial charge in [-0.1, -0.05) is 0 Å². The predicted molar refractivity (Wildman–Crippen MR) is 71.0 cm³/mol. The van der Waals surface area contributed by atoms with Crippen molar-refractivity contribution in [3.05, 3.63) is 36.8 Å². The minimum Gasteiger partial charge on any atom is -0.480 e. The normalized spacial score (nSPS) is 12.8. The van der Waals surface area contributed by atoms with Crippen LogP contribution in [0.2, 0.25) is 0 Å². The molecule has 1 atom stereocenters. The van der Waals surface area contributed by atoms with Gasteiger partial charge in [0.15, 0.2) is 11.1 Å². The molecule has 9 heteroatoms. The first kappa shape index (κ1) is 14.0. The van der Waals surface area contributed by atoms with E-state index in [-0.39, 0.29) is 5.69 Å². The number of pyridine rings is 1. The largest absolute Gasteiger partial charge is 0.480 e. The van der Waals surface area contributed by atoms with Crippen LogP contribution < -0.4 is 4.72 Å². The van der Waals surface area contributed by atoms with Crippen LogP contribution in [0.1, 0.15) is 6.92 Å². The van der Waals surface area contributed by atoms with E-state index in [1.165, 1.54) is 16.9 Å². The molecule has 0 aliphatic heterocycles. The van der Waals surface area contributed by atoms with Gasteiger partial charge in [0, 0.05) is 12.4 Å². The van der Waals surface area contributed by atoms with Crippen LogP contribution in [-0.2, 0) is 14.8 Å². The van der Waals surface area contributed by atoms with Crippen molar-refractivity contribution in [1.82, 2.24) is 14.8 Å². The fourth-order valence-corrected chi connectivity index (χ4v) is 2.26. The van der Waals surface area contributed by atoms with Crippen LogP contribution in [0.25, 0.3) is 5.82 Å². The van der Waals surface area contributed by atoms with Crippen LogP contribution in [0.4, 0.5) is 5.69 Å². The zero-order chi connectivity index (χ0) is 14.8. The molecule has 2 aromatic rings. The Kier molecular flexibility index (Phi) is 3.70. The number of carboxylic acid groups (broad SMARTS) is 1. The maximum atomic E-state index is 11.7. The van der Waals surface area contributed by atoms with Crippen LogP contribution in [0.5, 0.6) is 0 Å². The quantitative estimate of drug-likeness (QED) is 0.829. The smallest absolute Gasteiger partial charge is 0.323 e. The number of carboxylic acids is 1. The van der Waals surface area contributed by atoms with Crippen LogP contribution in [-0.4, -0.2) is 39.5 Å². The third-order valence-corrected chi connectivity index (χ3v) is 4.21. The highest BCUT2D eigenvalue weighted by molar-refractivity contribution is 7.94. The van der Waals surface area contributed by atoms with Gasteiger partial charge in [0.1, 0.15) is 0 Å². The second-order valence-corrected chi connectivity index (χ2v) is 5.98. The Morgan fingerprint density at radius 3 is 2.70 bits per heavy atom. The highest BCUT2D eigenvalue weighted by atomic mass is 32.2. The molecule has 0 saturated carbocycles. The number of nitrogens with one attached hydrogen (secondary N) is 1. The highest BCUT2D eigenvalue weighted by Crippen LogP contribution is 2.13. The van der Waals surface area contributed by atoms with E-state index >= 15 is 0 Å². The summed E-state index contributed by atoms with van der Waals surface area (Å²) in [6.45, 7) is 1.09. The first-order valence-electron chi connectivity index (χ1n) is 5.60. The van der Waals surface area contributed by atoms with Crippen molar-refractivity contribution in [2.24, 2.45) is 0 Å². The Morgan fingerprint density at radius 2 is 2.20 bits per heavy atom. The van der Waals surface area contributed by atoms with Gasteiger partial charge in [-0.2, -0.15) is 5.10 Å². The van der Waals surface area contributed by atoms with E-state index in [4.69, 9.17) is 5.11 Å². The molecule has 8 nitrogen and oxygen atoms in total. The second kappa shape index (κ2) is 5.29. The van der Waals surface area contributed by atoms with Gasteiger partial charge in [0.05, 0.1) is 11.9 Å². The molecule has 0 aliphatic rings. The summed E-state index contributed by atoms with van der Waals surface area (Å²) in [7, 11) is -3.99. The number of rotatable bonds is 5. The molecule has 1 unspecified atom stereocenters. The first-order chi connectivity index (χ1) is 9.40. The maximum absolute atomic E-state index is 11.7. The maximum Gasteiger partial charge on any atom is 0.323 e. The lowest BCUT2D eigenvalue weighted by Crippen LogP contribution is -2.32. The highest BCUT2D eigenvalue weighted by Gasteiger charge is 2.27. The number of hydrogen-bond donors (Lipinski definition) is 2. The fourth-order valence-electron chi connectivity index (χ4n) is 1.37. The van der Waals surface area contributed by atoms with Crippen molar-refractivity contribution in [3.8, 4) is 5.82 Å². The van der Waals surface area contributed by atoms with Crippen LogP contribution in [0, 0.1) is 0 Å². The van der Waals surface area contributed by atoms with Crippen molar-refractivity contribution < 1.29 is 18.3 Å². The number of anilines is 1. The summed E-state index contributed by atoms with van der Waals surface area (Å²) in [6.07, 6.45) is 4.58. The Labute approximate surface area is 115 Å². The fraction of sp³-hybridized carbons (Fsp3) is 0.182. The zero-order valence-electron chi connectivity index (χ0n) is 10.5. The van der Waals surface area contributed by atoms with Gasteiger partial charge in [0.2, 0.25) is 10.0 Å². The molecule has 106 valence electrons. The van der Waals surface area contributed by atoms with E-state index in [1.807, 2.05) is 0 Å². The Balaban J connectivity index is 2.18. The van der Waals surface area contributed by atoms with Crippen LogP contribution in [0.15, 0.2) is 36.8 Å². The van der Waals surface area contributed by atoms with E-state index in [9.17, 15) is 13.2 Å². The van der Waals surface area contributed by atoms with E-state index < -0.39 is 21.2 Å². The number of hydrogen-bond acceptors (Lipinski definition) is 5. The third-order valence-electron chi connectivity index (χ3n) is 2.56. The van der Waals surface area contributed by atoms with E-state index in [1.54, 1.807) is 24.5 Å². The summed E-state index contributed by atoms with van der Waals surface area (Å²) in [5, 5.41) is 11.2. The van der Waals surface area contributed by atoms with E-state index in [0.717, 1.165) is 6.92 Å². The molecule has 2 heterocycles. The number of nitrogens with zero attached hydrogens (tertiary/aromatic N) is 3. The molecule has 0 bridgehead atoms. The molecule has 2 aromatic heterocycles. The number of aromatic nitrogens is 3. The van der Waals surface area contributed by atoms with Gasteiger partial charge < -0.3 is 5.11 Å². The van der Waals surface area contributed by atoms with E-state index in [0.29, 0.717) is 5.82 Å². The van der Waals surface area contributed by atoms with Crippen molar-refractivity contribution >= 4 is 21.7 Å². The third kappa shape index (κ3) is 2.94. The summed E-state index contributed by atoms with van der Waals surface area (Å²) in [5.41, 5.74) is 0.189. The molecule has 2 N–H and O–H groups in total. The molecule has 0 aliphatic carbocycles. The van der Waals surface area contributed by atoms with E-state index in [2.05, 4.69) is 14.8 Å². The van der Waals surface area contributed by atoms with Crippen molar-refractivity contribution in [3.63, 3.8) is 0 Å². The lowest BCUT2D eigenvalue weighted by Gasteiger charge is -2.11. The second-order valence-electron chi connectivity index (χ2n) is 3.98. The first-order valence-corrected chi connectivity index (χ1v) is 7.15. The summed E-state index contributed by atoms with van der Waals surface area (Å²) >= 11 is 0. The molecule has 0 radical (unpaired) electrons. The Hall–Kier alpha value is -2.42. The van der Waals surface area contributed by atoms with Gasteiger partial charge in [-0.25, -0.2) is 18.1 Å². The summed E-state index contributed by atoms with van der Waals surface area (Å²) in [6, 6.07) is 4.78. The lowest BCUT2D eigenvalue weighted by molar-refractivity contribution is -0.136. The van der Waals surface area contributed by atoms with Gasteiger partial charge >= 0.3 is 5.97 Å². The summed E-state index contributed by atoms with van der Waals surface area (Å²) in [5.74, 6) is -0.900. The van der Waals surface area contributed by atoms with Crippen molar-refractivity contribution in [2.45, 2.75) is 12.2 Å². The number of sulfonamides is 1. The lowest BCUT2D eigenvalue weighted by atomic mass is 10.4. The molecule has 20 heavy (non-hydrogen) atoms. The van der Waals surface area contributed by atoms with Crippen molar-refractivity contribution in [2.75, 3.05) is 4.72 Å².